The maximum absolute atomic E-state index is 11.6. The van der Waals surface area contributed by atoms with Crippen molar-refractivity contribution in [1.82, 2.24) is 10.2 Å². The summed E-state index contributed by atoms with van der Waals surface area (Å²) in [6, 6.07) is 0.706. The molecule has 2 aliphatic rings. The first kappa shape index (κ1) is 12.9. The Morgan fingerprint density at radius 2 is 1.82 bits per heavy atom. The van der Waals surface area contributed by atoms with Gasteiger partial charge in [-0.15, -0.1) is 0 Å². The van der Waals surface area contributed by atoms with Crippen LogP contribution in [0.5, 0.6) is 0 Å². The summed E-state index contributed by atoms with van der Waals surface area (Å²) in [7, 11) is 0. The summed E-state index contributed by atoms with van der Waals surface area (Å²) in [6.45, 7) is 2.87. The summed E-state index contributed by atoms with van der Waals surface area (Å²) in [4.78, 5) is 13.7. The molecular weight excluding hydrogens is 212 g/mol. The molecule has 0 atom stereocenters. The van der Waals surface area contributed by atoms with Crippen LogP contribution >= 0.6 is 0 Å². The van der Waals surface area contributed by atoms with Gasteiger partial charge in [0.1, 0.15) is 0 Å². The minimum atomic E-state index is 0.360. The number of hydrogen-bond donors (Lipinski definition) is 1. The molecule has 1 aliphatic carbocycles. The molecule has 0 unspecified atom stereocenters. The van der Waals surface area contributed by atoms with E-state index >= 15 is 0 Å². The van der Waals surface area contributed by atoms with Gasteiger partial charge in [-0.3, -0.25) is 4.79 Å². The van der Waals surface area contributed by atoms with Gasteiger partial charge in [-0.1, -0.05) is 25.7 Å². The van der Waals surface area contributed by atoms with Crippen molar-refractivity contribution in [3.05, 3.63) is 0 Å². The highest BCUT2D eigenvalue weighted by Crippen LogP contribution is 2.17. The molecule has 3 nitrogen and oxygen atoms in total. The van der Waals surface area contributed by atoms with Gasteiger partial charge in [-0.2, -0.15) is 0 Å². The average molecular weight is 238 g/mol. The third kappa shape index (κ3) is 4.30. The van der Waals surface area contributed by atoms with E-state index in [1.165, 1.54) is 44.9 Å². The van der Waals surface area contributed by atoms with Gasteiger partial charge in [0.15, 0.2) is 0 Å². The second-order valence-corrected chi connectivity index (χ2v) is 5.48. The van der Waals surface area contributed by atoms with E-state index in [4.69, 9.17) is 0 Å². The number of amides is 1. The fourth-order valence-electron chi connectivity index (χ4n) is 2.99. The predicted octanol–water partition coefficient (Wildman–Crippen LogP) is 2.31. The Hall–Kier alpha value is -0.570. The van der Waals surface area contributed by atoms with E-state index in [9.17, 15) is 4.79 Å². The lowest BCUT2D eigenvalue weighted by Gasteiger charge is -2.27. The van der Waals surface area contributed by atoms with E-state index in [0.29, 0.717) is 11.9 Å². The molecule has 1 heterocycles. The van der Waals surface area contributed by atoms with Gasteiger partial charge < -0.3 is 10.2 Å². The van der Waals surface area contributed by atoms with Gasteiger partial charge in [0, 0.05) is 32.1 Å². The largest absolute Gasteiger partial charge is 0.341 e. The number of nitrogens with one attached hydrogen (secondary N) is 1. The zero-order valence-electron chi connectivity index (χ0n) is 10.9. The molecule has 2 fully saturated rings. The van der Waals surface area contributed by atoms with Crippen LogP contribution in [0.15, 0.2) is 0 Å². The van der Waals surface area contributed by atoms with Crippen molar-refractivity contribution in [2.45, 2.75) is 63.8 Å². The van der Waals surface area contributed by atoms with Gasteiger partial charge in [0.05, 0.1) is 0 Å². The fourth-order valence-corrected chi connectivity index (χ4v) is 2.99. The Bertz CT molecular complexity index is 234. The summed E-state index contributed by atoms with van der Waals surface area (Å²) in [5, 5.41) is 3.64. The van der Waals surface area contributed by atoms with Crippen LogP contribution in [-0.4, -0.2) is 36.5 Å². The maximum Gasteiger partial charge on any atom is 0.222 e. The van der Waals surface area contributed by atoms with Gasteiger partial charge in [0.2, 0.25) is 5.91 Å². The Kier molecular flexibility index (Phi) is 5.30. The highest BCUT2D eigenvalue weighted by molar-refractivity contribution is 5.76. The summed E-state index contributed by atoms with van der Waals surface area (Å²) in [5.74, 6) is 0.360. The molecule has 2 rings (SSSR count). The summed E-state index contributed by atoms with van der Waals surface area (Å²) >= 11 is 0. The lowest BCUT2D eigenvalue weighted by Crippen LogP contribution is -2.42. The number of carbonyl (C=O) groups excluding carboxylic acids is 1. The smallest absolute Gasteiger partial charge is 0.222 e. The number of nitrogens with zero attached hydrogens (tertiary/aromatic N) is 1. The van der Waals surface area contributed by atoms with Crippen molar-refractivity contribution in [2.75, 3.05) is 19.6 Å². The van der Waals surface area contributed by atoms with Crippen LogP contribution in [0.4, 0.5) is 0 Å². The van der Waals surface area contributed by atoms with Gasteiger partial charge in [-0.25, -0.2) is 0 Å². The molecule has 0 aromatic carbocycles. The first-order chi connectivity index (χ1) is 8.36. The molecular formula is C14H26N2O. The monoisotopic (exact) mass is 238 g/mol. The Morgan fingerprint density at radius 3 is 2.53 bits per heavy atom. The molecule has 1 saturated carbocycles. The molecule has 3 heteroatoms. The molecule has 0 bridgehead atoms. The van der Waals surface area contributed by atoms with Crippen molar-refractivity contribution in [2.24, 2.45) is 0 Å². The Labute approximate surface area is 105 Å². The predicted molar refractivity (Wildman–Crippen MR) is 69.9 cm³/mol. The summed E-state index contributed by atoms with van der Waals surface area (Å²) in [6.07, 6.45) is 11.3. The molecule has 0 aromatic heterocycles. The van der Waals surface area contributed by atoms with Crippen LogP contribution in [-0.2, 0) is 4.79 Å². The highest BCUT2D eigenvalue weighted by Gasteiger charge is 2.18. The minimum absolute atomic E-state index is 0.360. The molecule has 1 N–H and O–H groups in total. The van der Waals surface area contributed by atoms with Crippen molar-refractivity contribution in [3.63, 3.8) is 0 Å². The van der Waals surface area contributed by atoms with Gasteiger partial charge >= 0.3 is 0 Å². The van der Waals surface area contributed by atoms with Crippen molar-refractivity contribution in [1.29, 1.82) is 0 Å². The molecule has 0 spiro atoms. The minimum Gasteiger partial charge on any atom is -0.341 e. The Balaban J connectivity index is 1.62. The number of rotatable bonds is 4. The van der Waals surface area contributed by atoms with E-state index in [1.807, 2.05) is 4.90 Å². The van der Waals surface area contributed by atoms with Crippen LogP contribution < -0.4 is 5.32 Å². The summed E-state index contributed by atoms with van der Waals surface area (Å²) < 4.78 is 0. The quantitative estimate of drug-likeness (QED) is 0.762. The first-order valence-electron chi connectivity index (χ1n) is 7.37. The molecule has 17 heavy (non-hydrogen) atoms. The standard InChI is InChI=1S/C14H26N2O/c17-14-9-5-6-11-16(14)12-10-15-13-7-3-1-2-4-8-13/h13,15H,1-12H2. The van der Waals surface area contributed by atoms with Crippen molar-refractivity contribution >= 4 is 5.91 Å². The summed E-state index contributed by atoms with van der Waals surface area (Å²) in [5.41, 5.74) is 0. The Morgan fingerprint density at radius 1 is 1.06 bits per heavy atom. The van der Waals surface area contributed by atoms with E-state index in [-0.39, 0.29) is 0 Å². The lowest BCUT2D eigenvalue weighted by molar-refractivity contribution is -0.133. The fraction of sp³-hybridized carbons (Fsp3) is 0.929. The average Bonchev–Trinajstić information content (AvgIpc) is 2.60. The third-order valence-corrected chi connectivity index (χ3v) is 4.09. The number of piperidine rings is 1. The van der Waals surface area contributed by atoms with Crippen molar-refractivity contribution in [3.8, 4) is 0 Å². The van der Waals surface area contributed by atoms with Crippen molar-refractivity contribution < 1.29 is 4.79 Å². The third-order valence-electron chi connectivity index (χ3n) is 4.09. The van der Waals surface area contributed by atoms with E-state index in [1.54, 1.807) is 0 Å². The normalized spacial score (nSPS) is 23.8. The second-order valence-electron chi connectivity index (χ2n) is 5.48. The van der Waals surface area contributed by atoms with Crippen LogP contribution in [0.25, 0.3) is 0 Å². The molecule has 1 aliphatic heterocycles. The van der Waals surface area contributed by atoms with E-state index in [2.05, 4.69) is 5.32 Å². The zero-order chi connectivity index (χ0) is 11.9. The number of likely N-dealkylation sites (tertiary alicyclic amines) is 1. The topological polar surface area (TPSA) is 32.3 Å². The molecule has 0 aromatic rings. The van der Waals surface area contributed by atoms with Crippen LogP contribution in [0.2, 0.25) is 0 Å². The molecule has 98 valence electrons. The second kappa shape index (κ2) is 7.00. The maximum atomic E-state index is 11.6. The van der Waals surface area contributed by atoms with Crippen LogP contribution in [0, 0.1) is 0 Å². The van der Waals surface area contributed by atoms with Crippen LogP contribution in [0.3, 0.4) is 0 Å². The van der Waals surface area contributed by atoms with Gasteiger partial charge in [0.25, 0.3) is 0 Å². The molecule has 1 amide bonds. The van der Waals surface area contributed by atoms with E-state index < -0.39 is 0 Å². The SMILES string of the molecule is O=C1CCCCN1CCNC1CCCCCC1. The molecule has 1 saturated heterocycles. The van der Waals surface area contributed by atoms with Gasteiger partial charge in [-0.05, 0) is 25.7 Å². The number of carbonyl (C=O) groups is 1. The first-order valence-corrected chi connectivity index (χ1v) is 7.37. The van der Waals surface area contributed by atoms with Crippen LogP contribution in [0.1, 0.15) is 57.8 Å². The van der Waals surface area contributed by atoms with E-state index in [0.717, 1.165) is 32.5 Å². The highest BCUT2D eigenvalue weighted by atomic mass is 16.2. The zero-order valence-corrected chi connectivity index (χ0v) is 10.9. The number of hydrogen-bond acceptors (Lipinski definition) is 2. The molecule has 0 radical (unpaired) electrons. The lowest BCUT2D eigenvalue weighted by atomic mass is 10.1.